The number of hydrogen-bond acceptors (Lipinski definition) is 5. The molecule has 3 aromatic rings. The smallest absolute Gasteiger partial charge is 0.307 e. The summed E-state index contributed by atoms with van der Waals surface area (Å²) in [6, 6.07) is 10.6. The van der Waals surface area contributed by atoms with E-state index in [4.69, 9.17) is 4.55 Å². The van der Waals surface area contributed by atoms with Crippen LogP contribution in [0.5, 0.6) is 0 Å². The fourth-order valence-electron chi connectivity index (χ4n) is 3.11. The summed E-state index contributed by atoms with van der Waals surface area (Å²) in [6.45, 7) is 2.45. The standard InChI is InChI=1S/C21H23F2N3O3S2/c1-2-16-13-30-21(25-16)19(24-11-10-15-4-3-5-18(22)20(15)23)12-14-6-8-17(9-7-14)26-31(27,28)29/h3-9,13,19,24,26H,2,10-12H2,1H3,(H,27,28,29)/t19-/m0/s1. The molecule has 10 heteroatoms. The van der Waals surface area contributed by atoms with Crippen LogP contribution in [0.1, 0.15) is 34.8 Å². The summed E-state index contributed by atoms with van der Waals surface area (Å²) in [5.41, 5.74) is 2.46. The Balaban J connectivity index is 1.71. The van der Waals surface area contributed by atoms with Gasteiger partial charge in [0, 0.05) is 5.38 Å². The van der Waals surface area contributed by atoms with Crippen molar-refractivity contribution in [2.24, 2.45) is 0 Å². The van der Waals surface area contributed by atoms with Gasteiger partial charge in [-0.3, -0.25) is 9.27 Å². The molecule has 0 bridgehead atoms. The SMILES string of the molecule is CCc1csc([C@H](Cc2ccc(NS(=O)(=O)O)cc2)NCCc2cccc(F)c2F)n1. The van der Waals surface area contributed by atoms with Crippen molar-refractivity contribution in [1.29, 1.82) is 0 Å². The van der Waals surface area contributed by atoms with Crippen molar-refractivity contribution in [1.82, 2.24) is 10.3 Å². The van der Waals surface area contributed by atoms with E-state index in [2.05, 4.69) is 10.3 Å². The van der Waals surface area contributed by atoms with Crippen molar-refractivity contribution in [3.05, 3.63) is 81.3 Å². The van der Waals surface area contributed by atoms with Crippen LogP contribution in [-0.2, 0) is 29.6 Å². The van der Waals surface area contributed by atoms with E-state index in [1.807, 2.05) is 17.0 Å². The number of rotatable bonds is 10. The van der Waals surface area contributed by atoms with E-state index in [1.54, 1.807) is 30.3 Å². The molecule has 0 amide bonds. The molecule has 1 atom stereocenters. The number of halogens is 2. The zero-order chi connectivity index (χ0) is 22.4. The lowest BCUT2D eigenvalue weighted by molar-refractivity contribution is 0.488. The molecular formula is C21H23F2N3O3S2. The van der Waals surface area contributed by atoms with Gasteiger partial charge < -0.3 is 5.32 Å². The van der Waals surface area contributed by atoms with E-state index in [0.717, 1.165) is 28.8 Å². The molecule has 0 aliphatic rings. The van der Waals surface area contributed by atoms with Gasteiger partial charge in [-0.15, -0.1) is 11.3 Å². The quantitative estimate of drug-likeness (QED) is 0.387. The number of nitrogens with one attached hydrogen (secondary N) is 2. The third kappa shape index (κ3) is 6.79. The van der Waals surface area contributed by atoms with E-state index >= 15 is 0 Å². The zero-order valence-electron chi connectivity index (χ0n) is 16.8. The molecular weight excluding hydrogens is 444 g/mol. The number of benzene rings is 2. The Hall–Kier alpha value is -2.40. The van der Waals surface area contributed by atoms with Crippen molar-refractivity contribution in [3.8, 4) is 0 Å². The van der Waals surface area contributed by atoms with Crippen molar-refractivity contribution in [3.63, 3.8) is 0 Å². The van der Waals surface area contributed by atoms with Gasteiger partial charge in [0.25, 0.3) is 0 Å². The van der Waals surface area contributed by atoms with Crippen LogP contribution < -0.4 is 10.0 Å². The van der Waals surface area contributed by atoms with Crippen molar-refractivity contribution < 1.29 is 21.8 Å². The average molecular weight is 468 g/mol. The van der Waals surface area contributed by atoms with Gasteiger partial charge in [-0.05, 0) is 55.1 Å². The molecule has 0 fully saturated rings. The molecule has 0 saturated carbocycles. The maximum absolute atomic E-state index is 13.9. The average Bonchev–Trinajstić information content (AvgIpc) is 3.20. The van der Waals surface area contributed by atoms with Crippen molar-refractivity contribution in [2.45, 2.75) is 32.2 Å². The summed E-state index contributed by atoms with van der Waals surface area (Å²) < 4.78 is 60.1. The van der Waals surface area contributed by atoms with Crippen LogP contribution in [0.2, 0.25) is 0 Å². The van der Waals surface area contributed by atoms with Gasteiger partial charge in [0.2, 0.25) is 0 Å². The number of aryl methyl sites for hydroxylation is 1. The maximum atomic E-state index is 13.9. The number of aromatic nitrogens is 1. The number of hydrogen-bond donors (Lipinski definition) is 3. The summed E-state index contributed by atoms with van der Waals surface area (Å²) in [4.78, 5) is 4.65. The summed E-state index contributed by atoms with van der Waals surface area (Å²) >= 11 is 1.53. The minimum atomic E-state index is -4.33. The highest BCUT2D eigenvalue weighted by atomic mass is 32.2. The first-order chi connectivity index (χ1) is 14.7. The molecule has 0 spiro atoms. The van der Waals surface area contributed by atoms with Crippen molar-refractivity contribution >= 4 is 27.3 Å². The van der Waals surface area contributed by atoms with Gasteiger partial charge in [-0.25, -0.2) is 13.8 Å². The maximum Gasteiger partial charge on any atom is 0.357 e. The predicted octanol–water partition coefficient (Wildman–Crippen LogP) is 4.31. The third-order valence-corrected chi connectivity index (χ3v) is 6.19. The number of thiazole rings is 1. The summed E-state index contributed by atoms with van der Waals surface area (Å²) in [5.74, 6) is -1.69. The Kier molecular flexibility index (Phi) is 7.71. The van der Waals surface area contributed by atoms with Crippen LogP contribution in [0, 0.1) is 11.6 Å². The van der Waals surface area contributed by atoms with Crippen LogP contribution in [0.4, 0.5) is 14.5 Å². The van der Waals surface area contributed by atoms with Crippen LogP contribution in [0.3, 0.4) is 0 Å². The molecule has 0 radical (unpaired) electrons. The van der Waals surface area contributed by atoms with Crippen LogP contribution in [0.25, 0.3) is 0 Å². The molecule has 3 rings (SSSR count). The second-order valence-electron chi connectivity index (χ2n) is 6.98. The fraction of sp³-hybridized carbons (Fsp3) is 0.286. The first-order valence-corrected chi connectivity index (χ1v) is 12.0. The monoisotopic (exact) mass is 467 g/mol. The molecule has 2 aromatic carbocycles. The summed E-state index contributed by atoms with van der Waals surface area (Å²) in [5, 5.41) is 6.26. The topological polar surface area (TPSA) is 91.3 Å². The van der Waals surface area contributed by atoms with Gasteiger partial charge in [-0.2, -0.15) is 8.42 Å². The van der Waals surface area contributed by atoms with E-state index in [9.17, 15) is 17.2 Å². The molecule has 31 heavy (non-hydrogen) atoms. The highest BCUT2D eigenvalue weighted by molar-refractivity contribution is 7.87. The van der Waals surface area contributed by atoms with Crippen molar-refractivity contribution in [2.75, 3.05) is 11.3 Å². The lowest BCUT2D eigenvalue weighted by atomic mass is 10.1. The molecule has 0 aliphatic heterocycles. The largest absolute Gasteiger partial charge is 0.357 e. The number of anilines is 1. The minimum Gasteiger partial charge on any atom is -0.307 e. The summed E-state index contributed by atoms with van der Waals surface area (Å²) in [6.07, 6.45) is 1.70. The molecule has 6 nitrogen and oxygen atoms in total. The van der Waals surface area contributed by atoms with Gasteiger partial charge in [-0.1, -0.05) is 31.2 Å². The second-order valence-corrected chi connectivity index (χ2v) is 9.02. The normalized spacial score (nSPS) is 12.6. The van der Waals surface area contributed by atoms with Crippen LogP contribution in [0.15, 0.2) is 47.8 Å². The number of nitrogens with zero attached hydrogens (tertiary/aromatic N) is 1. The van der Waals surface area contributed by atoms with E-state index in [0.29, 0.717) is 24.9 Å². The van der Waals surface area contributed by atoms with E-state index in [-0.39, 0.29) is 11.7 Å². The van der Waals surface area contributed by atoms with E-state index in [1.165, 1.54) is 17.4 Å². The third-order valence-electron chi connectivity index (χ3n) is 4.69. The Labute approximate surface area is 184 Å². The zero-order valence-corrected chi connectivity index (χ0v) is 18.4. The predicted molar refractivity (Wildman–Crippen MR) is 118 cm³/mol. The summed E-state index contributed by atoms with van der Waals surface area (Å²) in [7, 11) is -4.33. The van der Waals surface area contributed by atoms with Gasteiger partial charge in [0.05, 0.1) is 17.4 Å². The lowest BCUT2D eigenvalue weighted by Crippen LogP contribution is -2.26. The molecule has 1 heterocycles. The van der Waals surface area contributed by atoms with E-state index < -0.39 is 21.9 Å². The molecule has 0 aliphatic carbocycles. The van der Waals surface area contributed by atoms with Gasteiger partial charge in [0.1, 0.15) is 5.01 Å². The highest BCUT2D eigenvalue weighted by Crippen LogP contribution is 2.24. The van der Waals surface area contributed by atoms with Gasteiger partial charge in [0.15, 0.2) is 11.6 Å². The molecule has 3 N–H and O–H groups in total. The van der Waals surface area contributed by atoms with Crippen LogP contribution >= 0.6 is 11.3 Å². The fourth-order valence-corrected chi connectivity index (χ4v) is 4.52. The molecule has 0 unspecified atom stereocenters. The highest BCUT2D eigenvalue weighted by Gasteiger charge is 2.17. The first kappa shape index (κ1) is 23.3. The molecule has 0 saturated heterocycles. The Morgan fingerprint density at radius 3 is 2.55 bits per heavy atom. The second kappa shape index (κ2) is 10.3. The molecule has 166 valence electrons. The Morgan fingerprint density at radius 2 is 1.90 bits per heavy atom. The first-order valence-electron chi connectivity index (χ1n) is 9.70. The van der Waals surface area contributed by atoms with Crippen LogP contribution in [-0.4, -0.2) is 24.5 Å². The lowest BCUT2D eigenvalue weighted by Gasteiger charge is -2.17. The Morgan fingerprint density at radius 1 is 1.16 bits per heavy atom. The molecule has 1 aromatic heterocycles. The Bertz CT molecular complexity index is 1120. The minimum absolute atomic E-state index is 0.151. The van der Waals surface area contributed by atoms with Gasteiger partial charge >= 0.3 is 10.3 Å².